The van der Waals surface area contributed by atoms with Gasteiger partial charge in [-0.25, -0.2) is 8.77 Å². The van der Waals surface area contributed by atoms with Crippen LogP contribution in [0.5, 0.6) is 0 Å². The number of benzene rings is 2. The number of hydrogen-bond acceptors (Lipinski definition) is 4. The summed E-state index contributed by atoms with van der Waals surface area (Å²) in [5.41, 5.74) is 2.62. The quantitative estimate of drug-likeness (QED) is 0.549. The van der Waals surface area contributed by atoms with E-state index in [0.29, 0.717) is 41.3 Å². The molecule has 0 bridgehead atoms. The third-order valence-corrected chi connectivity index (χ3v) is 7.57. The number of halogens is 1. The van der Waals surface area contributed by atoms with E-state index in [1.54, 1.807) is 34.6 Å². The summed E-state index contributed by atoms with van der Waals surface area (Å²) in [7, 11) is -2.36. The van der Waals surface area contributed by atoms with E-state index < -0.39 is 16.2 Å². The molecule has 2 aromatic carbocycles. The van der Waals surface area contributed by atoms with Gasteiger partial charge in [0, 0.05) is 35.6 Å². The molecule has 1 fully saturated rings. The Balaban J connectivity index is 1.77. The molecular formula is C22H23ClN2O4S. The summed E-state index contributed by atoms with van der Waals surface area (Å²) in [5, 5.41) is 1.34. The number of carbonyl (C=O) groups excluding carboxylic acids is 1. The second-order valence-electron chi connectivity index (χ2n) is 7.44. The minimum absolute atomic E-state index is 0.404. The summed E-state index contributed by atoms with van der Waals surface area (Å²) in [4.78, 5) is 11.7. The van der Waals surface area contributed by atoms with E-state index in [1.165, 1.54) is 11.1 Å². The minimum atomic E-state index is -3.70. The summed E-state index contributed by atoms with van der Waals surface area (Å²) in [6.07, 6.45) is 3.19. The van der Waals surface area contributed by atoms with Crippen LogP contribution in [0.2, 0.25) is 5.02 Å². The summed E-state index contributed by atoms with van der Waals surface area (Å²) < 4.78 is 34.8. The van der Waals surface area contributed by atoms with Crippen LogP contribution in [0.3, 0.4) is 0 Å². The lowest BCUT2D eigenvalue weighted by molar-refractivity contribution is 0.0600. The van der Waals surface area contributed by atoms with Gasteiger partial charge < -0.3 is 4.74 Å². The average Bonchev–Trinajstić information content (AvgIpc) is 3.11. The molecule has 0 atom stereocenters. The molecule has 2 heterocycles. The van der Waals surface area contributed by atoms with Crippen LogP contribution in [0.4, 0.5) is 0 Å². The number of piperidine rings is 1. The molecule has 0 radical (unpaired) electrons. The van der Waals surface area contributed by atoms with Crippen LogP contribution in [0.25, 0.3) is 10.9 Å². The Hall–Kier alpha value is -2.35. The fourth-order valence-electron chi connectivity index (χ4n) is 3.91. The Bertz CT molecular complexity index is 1180. The SMILES string of the molecule is COC(=O)c1ccc(Cc2cc3cc(Cl)ccc3n2S(=O)(=O)N2CCCCC2)cc1. The van der Waals surface area contributed by atoms with Crippen LogP contribution in [0, 0.1) is 0 Å². The summed E-state index contributed by atoms with van der Waals surface area (Å²) >= 11 is 6.15. The molecule has 1 saturated heterocycles. The topological polar surface area (TPSA) is 68.6 Å². The van der Waals surface area contributed by atoms with Crippen molar-refractivity contribution in [2.24, 2.45) is 0 Å². The van der Waals surface area contributed by atoms with E-state index in [2.05, 4.69) is 0 Å². The van der Waals surface area contributed by atoms with Crippen molar-refractivity contribution in [1.29, 1.82) is 0 Å². The van der Waals surface area contributed by atoms with Gasteiger partial charge in [-0.2, -0.15) is 12.7 Å². The number of methoxy groups -OCH3 is 1. The van der Waals surface area contributed by atoms with Gasteiger partial charge in [0.1, 0.15) is 0 Å². The number of rotatable bonds is 5. The number of aromatic nitrogens is 1. The summed E-state index contributed by atoms with van der Waals surface area (Å²) in [5.74, 6) is -0.405. The molecule has 0 unspecified atom stereocenters. The van der Waals surface area contributed by atoms with Crippen LogP contribution < -0.4 is 0 Å². The zero-order chi connectivity index (χ0) is 21.3. The number of fused-ring (bicyclic) bond motifs is 1. The van der Waals surface area contributed by atoms with Crippen LogP contribution in [0.15, 0.2) is 48.5 Å². The number of hydrogen-bond donors (Lipinski definition) is 0. The highest BCUT2D eigenvalue weighted by Crippen LogP contribution is 2.29. The van der Waals surface area contributed by atoms with Gasteiger partial charge in [-0.1, -0.05) is 30.2 Å². The number of esters is 1. The molecule has 1 aliphatic rings. The van der Waals surface area contributed by atoms with E-state index in [4.69, 9.17) is 16.3 Å². The first-order valence-electron chi connectivity index (χ1n) is 9.88. The minimum Gasteiger partial charge on any atom is -0.465 e. The highest BCUT2D eigenvalue weighted by Gasteiger charge is 2.29. The van der Waals surface area contributed by atoms with E-state index in [-0.39, 0.29) is 0 Å². The first kappa shape index (κ1) is 20.9. The predicted octanol–water partition coefficient (Wildman–Crippen LogP) is 4.25. The maximum absolute atomic E-state index is 13.5. The molecule has 158 valence electrons. The Morgan fingerprint density at radius 1 is 1.03 bits per heavy atom. The molecule has 4 rings (SSSR count). The zero-order valence-corrected chi connectivity index (χ0v) is 18.2. The highest BCUT2D eigenvalue weighted by molar-refractivity contribution is 7.87. The second-order valence-corrected chi connectivity index (χ2v) is 9.65. The zero-order valence-electron chi connectivity index (χ0n) is 16.7. The van der Waals surface area contributed by atoms with Crippen LogP contribution >= 0.6 is 11.6 Å². The normalized spacial score (nSPS) is 15.4. The molecule has 6 nitrogen and oxygen atoms in total. The Labute approximate surface area is 181 Å². The van der Waals surface area contributed by atoms with Gasteiger partial charge in [-0.3, -0.25) is 0 Å². The van der Waals surface area contributed by atoms with Gasteiger partial charge in [-0.15, -0.1) is 0 Å². The molecule has 30 heavy (non-hydrogen) atoms. The largest absolute Gasteiger partial charge is 0.465 e. The summed E-state index contributed by atoms with van der Waals surface area (Å²) in [6, 6.07) is 14.1. The Kier molecular flexibility index (Phi) is 5.86. The van der Waals surface area contributed by atoms with Crippen molar-refractivity contribution in [3.63, 3.8) is 0 Å². The average molecular weight is 447 g/mol. The van der Waals surface area contributed by atoms with Gasteiger partial charge >= 0.3 is 16.2 Å². The molecular weight excluding hydrogens is 424 g/mol. The van der Waals surface area contributed by atoms with Crippen molar-refractivity contribution in [1.82, 2.24) is 8.28 Å². The van der Waals surface area contributed by atoms with Crippen molar-refractivity contribution in [3.8, 4) is 0 Å². The van der Waals surface area contributed by atoms with Crippen LogP contribution in [-0.4, -0.2) is 42.9 Å². The fourth-order valence-corrected chi connectivity index (χ4v) is 5.87. The van der Waals surface area contributed by atoms with Gasteiger partial charge in [0.15, 0.2) is 0 Å². The first-order chi connectivity index (χ1) is 14.4. The Morgan fingerprint density at radius 3 is 2.40 bits per heavy atom. The third-order valence-electron chi connectivity index (χ3n) is 5.42. The standard InChI is InChI=1S/C22H23ClN2O4S/c1-29-22(26)17-7-5-16(6-8-17)13-20-15-18-14-19(23)9-10-21(18)25(20)30(27,28)24-11-3-2-4-12-24/h5-10,14-15H,2-4,11-13H2,1H3. The predicted molar refractivity (Wildman–Crippen MR) is 117 cm³/mol. The molecule has 0 spiro atoms. The van der Waals surface area contributed by atoms with E-state index in [1.807, 2.05) is 18.2 Å². The fraction of sp³-hybridized carbons (Fsp3) is 0.318. The van der Waals surface area contributed by atoms with E-state index >= 15 is 0 Å². The van der Waals surface area contributed by atoms with Gasteiger partial charge in [0.2, 0.25) is 0 Å². The van der Waals surface area contributed by atoms with Gasteiger partial charge in [0.25, 0.3) is 0 Å². The monoisotopic (exact) mass is 446 g/mol. The highest BCUT2D eigenvalue weighted by atomic mass is 35.5. The second kappa shape index (κ2) is 8.41. The molecule has 0 saturated carbocycles. The van der Waals surface area contributed by atoms with E-state index in [9.17, 15) is 13.2 Å². The van der Waals surface area contributed by atoms with Gasteiger partial charge in [-0.05, 0) is 54.8 Å². The lowest BCUT2D eigenvalue weighted by atomic mass is 10.1. The molecule has 8 heteroatoms. The maximum Gasteiger partial charge on any atom is 0.337 e. The lowest BCUT2D eigenvalue weighted by Gasteiger charge is -2.27. The Morgan fingerprint density at radius 2 is 1.73 bits per heavy atom. The molecule has 1 aromatic heterocycles. The number of carbonyl (C=O) groups is 1. The number of ether oxygens (including phenoxy) is 1. The van der Waals surface area contributed by atoms with Crippen molar-refractivity contribution < 1.29 is 17.9 Å². The molecule has 0 aliphatic carbocycles. The summed E-state index contributed by atoms with van der Waals surface area (Å²) in [6.45, 7) is 1.06. The van der Waals surface area contributed by atoms with Crippen molar-refractivity contribution in [3.05, 3.63) is 70.4 Å². The van der Waals surface area contributed by atoms with E-state index in [0.717, 1.165) is 30.2 Å². The molecule has 1 aliphatic heterocycles. The van der Waals surface area contributed by atoms with Crippen LogP contribution in [-0.2, 0) is 21.4 Å². The molecule has 3 aromatic rings. The van der Waals surface area contributed by atoms with Crippen molar-refractivity contribution >= 4 is 38.7 Å². The maximum atomic E-state index is 13.5. The van der Waals surface area contributed by atoms with Crippen LogP contribution in [0.1, 0.15) is 40.9 Å². The number of nitrogens with zero attached hydrogens (tertiary/aromatic N) is 2. The van der Waals surface area contributed by atoms with Crippen molar-refractivity contribution in [2.45, 2.75) is 25.7 Å². The first-order valence-corrected chi connectivity index (χ1v) is 11.7. The molecule has 0 amide bonds. The molecule has 0 N–H and O–H groups in total. The smallest absolute Gasteiger partial charge is 0.337 e. The van der Waals surface area contributed by atoms with Gasteiger partial charge in [0.05, 0.1) is 18.2 Å². The lowest BCUT2D eigenvalue weighted by Crippen LogP contribution is -2.39. The van der Waals surface area contributed by atoms with Crippen molar-refractivity contribution in [2.75, 3.05) is 20.2 Å². The third kappa shape index (κ3) is 3.97.